The summed E-state index contributed by atoms with van der Waals surface area (Å²) in [5, 5.41) is 19.1. The quantitative estimate of drug-likeness (QED) is 0.215. The third-order valence-corrected chi connectivity index (χ3v) is 4.45. The highest BCUT2D eigenvalue weighted by molar-refractivity contribution is 6.09. The second-order valence-electron chi connectivity index (χ2n) is 6.88. The number of hydrogen-bond donors (Lipinski definition) is 2. The summed E-state index contributed by atoms with van der Waals surface area (Å²) >= 11 is 0. The van der Waals surface area contributed by atoms with Gasteiger partial charge in [-0.3, -0.25) is 4.79 Å². The summed E-state index contributed by atoms with van der Waals surface area (Å²) < 4.78 is 5.42. The normalized spacial score (nSPS) is 12.0. The molecule has 0 radical (unpaired) electrons. The van der Waals surface area contributed by atoms with E-state index >= 15 is 0 Å². The Hall–Kier alpha value is -3.58. The average molecular weight is 403 g/mol. The zero-order valence-corrected chi connectivity index (χ0v) is 16.6. The van der Waals surface area contributed by atoms with E-state index in [1.807, 2.05) is 38.1 Å². The highest BCUT2D eigenvalue weighted by Crippen LogP contribution is 2.23. The molecule has 0 fully saturated rings. The fourth-order valence-electron chi connectivity index (χ4n) is 2.80. The van der Waals surface area contributed by atoms with Gasteiger partial charge in [0.15, 0.2) is 11.5 Å². The van der Waals surface area contributed by atoms with Crippen LogP contribution in [-0.2, 0) is 0 Å². The van der Waals surface area contributed by atoms with Crippen LogP contribution in [0.5, 0.6) is 5.75 Å². The molecule has 0 aliphatic rings. The van der Waals surface area contributed by atoms with Gasteiger partial charge < -0.3 is 9.94 Å². The van der Waals surface area contributed by atoms with Crippen molar-refractivity contribution in [3.05, 3.63) is 106 Å². The van der Waals surface area contributed by atoms with Gasteiger partial charge in [0.2, 0.25) is 0 Å². The van der Waals surface area contributed by atoms with Crippen LogP contribution in [0.2, 0.25) is 0 Å². The number of carbonyl (C=O) groups is 2. The zero-order chi connectivity index (χ0) is 21.7. The number of rotatable bonds is 6. The van der Waals surface area contributed by atoms with E-state index in [-0.39, 0.29) is 28.3 Å². The van der Waals surface area contributed by atoms with Crippen LogP contribution in [0.1, 0.15) is 37.4 Å². The Kier molecular flexibility index (Phi) is 6.54. The summed E-state index contributed by atoms with van der Waals surface area (Å²) in [5.41, 5.74) is 3.16. The van der Waals surface area contributed by atoms with Crippen molar-refractivity contribution in [2.24, 2.45) is 0 Å². The molecule has 0 bridgehead atoms. The van der Waals surface area contributed by atoms with Crippen molar-refractivity contribution < 1.29 is 24.8 Å². The molecule has 0 aliphatic heterocycles. The molecular formula is C24H21NO5. The fourth-order valence-corrected chi connectivity index (χ4v) is 2.80. The molecule has 0 saturated carbocycles. The smallest absolute Gasteiger partial charge is 0.343 e. The van der Waals surface area contributed by atoms with Crippen molar-refractivity contribution in [1.29, 1.82) is 0 Å². The summed E-state index contributed by atoms with van der Waals surface area (Å²) in [6.07, 6.45) is 3.13. The number of allylic oxidation sites excluding steroid dienone is 1. The van der Waals surface area contributed by atoms with Crippen molar-refractivity contribution in [2.45, 2.75) is 13.8 Å². The van der Waals surface area contributed by atoms with Crippen LogP contribution in [0.4, 0.5) is 5.69 Å². The summed E-state index contributed by atoms with van der Waals surface area (Å²) in [7, 11) is 0. The van der Waals surface area contributed by atoms with Gasteiger partial charge in [0.25, 0.3) is 0 Å². The lowest BCUT2D eigenvalue weighted by atomic mass is 10.0. The molecule has 3 aromatic carbocycles. The molecule has 1 unspecified atom stereocenters. The van der Waals surface area contributed by atoms with E-state index in [1.165, 1.54) is 30.3 Å². The molecule has 6 heteroatoms. The molecule has 0 aromatic heterocycles. The molecule has 0 aliphatic carbocycles. The molecule has 30 heavy (non-hydrogen) atoms. The second kappa shape index (κ2) is 9.28. The lowest BCUT2D eigenvalue weighted by Gasteiger charge is -2.13. The number of benzene rings is 3. The van der Waals surface area contributed by atoms with Crippen molar-refractivity contribution in [2.75, 3.05) is 0 Å². The van der Waals surface area contributed by atoms with Gasteiger partial charge in [-0.05, 0) is 43.7 Å². The molecule has 3 rings (SSSR count). The maximum atomic E-state index is 12.8. The first-order valence-corrected chi connectivity index (χ1v) is 9.29. The number of quaternary nitrogens is 1. The Balaban J connectivity index is 1.84. The van der Waals surface area contributed by atoms with Crippen LogP contribution in [-0.4, -0.2) is 17.0 Å². The van der Waals surface area contributed by atoms with Gasteiger partial charge in [0.05, 0.1) is 11.1 Å². The number of aryl methyl sites for hydroxylation is 2. The van der Waals surface area contributed by atoms with Gasteiger partial charge in [0.1, 0.15) is 5.75 Å². The van der Waals surface area contributed by atoms with Crippen LogP contribution in [0.15, 0.2) is 72.8 Å². The summed E-state index contributed by atoms with van der Waals surface area (Å²) in [5.74, 6) is -0.926. The molecule has 1 atom stereocenters. The summed E-state index contributed by atoms with van der Waals surface area (Å²) in [4.78, 5) is 25.3. The number of ketones is 1. The van der Waals surface area contributed by atoms with E-state index in [4.69, 9.17) is 9.94 Å². The maximum Gasteiger partial charge on any atom is 0.343 e. The van der Waals surface area contributed by atoms with Crippen molar-refractivity contribution in [3.8, 4) is 5.75 Å². The average Bonchev–Trinajstić information content (AvgIpc) is 2.74. The first kappa shape index (κ1) is 21.1. The highest BCUT2D eigenvalue weighted by atomic mass is 16.8. The highest BCUT2D eigenvalue weighted by Gasteiger charge is 2.16. The van der Waals surface area contributed by atoms with E-state index in [9.17, 15) is 14.8 Å². The van der Waals surface area contributed by atoms with Crippen LogP contribution in [0.25, 0.3) is 6.08 Å². The minimum absolute atomic E-state index is 0.0225. The Morgan fingerprint density at radius 1 is 0.967 bits per heavy atom. The van der Waals surface area contributed by atoms with E-state index in [1.54, 1.807) is 24.3 Å². The number of hydrogen-bond acceptors (Lipinski definition) is 5. The monoisotopic (exact) mass is 403 g/mol. The van der Waals surface area contributed by atoms with Crippen LogP contribution >= 0.6 is 0 Å². The maximum absolute atomic E-state index is 12.8. The zero-order valence-electron chi connectivity index (χ0n) is 16.6. The van der Waals surface area contributed by atoms with Gasteiger partial charge in [-0.1, -0.05) is 53.6 Å². The first-order valence-electron chi connectivity index (χ1n) is 9.29. The first-order chi connectivity index (χ1) is 14.3. The summed E-state index contributed by atoms with van der Waals surface area (Å²) in [6, 6.07) is 18.2. The topological polar surface area (TPSA) is 91.1 Å². The van der Waals surface area contributed by atoms with E-state index in [2.05, 4.69) is 0 Å². The van der Waals surface area contributed by atoms with Crippen molar-refractivity contribution in [1.82, 2.24) is 0 Å². The molecule has 0 saturated heterocycles. The standard InChI is InChI=1S/C24H21NO5/c1-16-6-9-18(10-7-16)11-12-22(26)21-14-17(2)8-13-23(21)30-24(27)19-4-3-5-20(15-19)25(28)29/h3-15,25,28H,1-2H3. The molecule has 0 amide bonds. The van der Waals surface area contributed by atoms with Gasteiger partial charge in [-0.25, -0.2) is 10.0 Å². The predicted molar refractivity (Wildman–Crippen MR) is 113 cm³/mol. The lowest BCUT2D eigenvalue weighted by Crippen LogP contribution is -2.99. The molecule has 0 heterocycles. The lowest BCUT2D eigenvalue weighted by molar-refractivity contribution is -0.991. The third kappa shape index (κ3) is 5.27. The minimum atomic E-state index is -1.14. The van der Waals surface area contributed by atoms with Crippen molar-refractivity contribution in [3.63, 3.8) is 0 Å². The molecule has 152 valence electrons. The van der Waals surface area contributed by atoms with Crippen LogP contribution in [0, 0.1) is 19.1 Å². The molecule has 3 aromatic rings. The van der Waals surface area contributed by atoms with Gasteiger partial charge in [-0.15, -0.1) is 0 Å². The fraction of sp³-hybridized carbons (Fsp3) is 0.0833. The Labute approximate surface area is 174 Å². The molecular weight excluding hydrogens is 382 g/mol. The Morgan fingerprint density at radius 3 is 2.37 bits per heavy atom. The van der Waals surface area contributed by atoms with Crippen LogP contribution < -0.4 is 9.96 Å². The molecule has 2 N–H and O–H groups in total. The van der Waals surface area contributed by atoms with Crippen LogP contribution in [0.3, 0.4) is 0 Å². The Bertz CT molecular complexity index is 1100. The number of nitrogens with one attached hydrogen (secondary N) is 1. The van der Waals surface area contributed by atoms with Gasteiger partial charge in [-0.2, -0.15) is 5.23 Å². The number of esters is 1. The van der Waals surface area contributed by atoms with Gasteiger partial charge in [0, 0.05) is 12.1 Å². The molecule has 6 nitrogen and oxygen atoms in total. The predicted octanol–water partition coefficient (Wildman–Crippen LogP) is 3.82. The molecule has 0 spiro atoms. The number of carbonyl (C=O) groups excluding carboxylic acids is 2. The second-order valence-corrected chi connectivity index (χ2v) is 6.88. The SMILES string of the molecule is Cc1ccc(C=CC(=O)c2cc(C)ccc2OC(=O)c2cccc([NH+]([O-])O)c2)cc1. The van der Waals surface area contributed by atoms with E-state index in [0.29, 0.717) is 0 Å². The van der Waals surface area contributed by atoms with Gasteiger partial charge >= 0.3 is 5.97 Å². The Morgan fingerprint density at radius 2 is 1.67 bits per heavy atom. The minimum Gasteiger partial charge on any atom is -0.595 e. The van der Waals surface area contributed by atoms with E-state index < -0.39 is 11.2 Å². The number of ether oxygens (including phenoxy) is 1. The summed E-state index contributed by atoms with van der Waals surface area (Å²) in [6.45, 7) is 3.82. The third-order valence-electron chi connectivity index (χ3n) is 4.45. The van der Waals surface area contributed by atoms with E-state index in [0.717, 1.165) is 16.7 Å². The van der Waals surface area contributed by atoms with Crippen molar-refractivity contribution >= 4 is 23.5 Å². The largest absolute Gasteiger partial charge is 0.595 e.